The average Bonchev–Trinajstić information content (AvgIpc) is 3.03. The number of aromatic nitrogens is 4. The van der Waals surface area contributed by atoms with Gasteiger partial charge < -0.3 is 9.47 Å². The van der Waals surface area contributed by atoms with E-state index in [0.717, 1.165) is 24.5 Å². The zero-order chi connectivity index (χ0) is 20.4. The lowest BCUT2D eigenvalue weighted by Crippen LogP contribution is -2.49. The second-order valence-electron chi connectivity index (χ2n) is 6.96. The first kappa shape index (κ1) is 19.8. The molecule has 29 heavy (non-hydrogen) atoms. The van der Waals surface area contributed by atoms with Gasteiger partial charge in [-0.05, 0) is 48.6 Å². The summed E-state index contributed by atoms with van der Waals surface area (Å²) in [5.41, 5.74) is 1.59. The molecule has 1 fully saturated rings. The molecule has 0 unspecified atom stereocenters. The highest BCUT2D eigenvalue weighted by Gasteiger charge is 2.23. The Kier molecular flexibility index (Phi) is 5.75. The Labute approximate surface area is 179 Å². The summed E-state index contributed by atoms with van der Waals surface area (Å²) in [4.78, 5) is 20.9. The molecule has 0 saturated carbocycles. The molecular formula is C20H21ClN6OS. The van der Waals surface area contributed by atoms with Gasteiger partial charge in [0, 0.05) is 61.8 Å². The van der Waals surface area contributed by atoms with E-state index in [1.807, 2.05) is 33.3 Å². The predicted molar refractivity (Wildman–Crippen MR) is 114 cm³/mol. The average molecular weight is 429 g/mol. The molecule has 0 aliphatic carbocycles. The van der Waals surface area contributed by atoms with Gasteiger partial charge in [-0.25, -0.2) is 4.68 Å². The third-order valence-corrected chi connectivity index (χ3v) is 5.78. The van der Waals surface area contributed by atoms with Crippen LogP contribution in [0.5, 0.6) is 0 Å². The molecule has 1 amide bonds. The van der Waals surface area contributed by atoms with Crippen LogP contribution in [-0.2, 0) is 13.7 Å². The Morgan fingerprint density at radius 3 is 2.52 bits per heavy atom. The number of amides is 1. The molecule has 0 atom stereocenters. The van der Waals surface area contributed by atoms with E-state index in [2.05, 4.69) is 15.0 Å². The van der Waals surface area contributed by atoms with E-state index in [4.69, 9.17) is 23.8 Å². The molecule has 0 spiro atoms. The normalized spacial score (nSPS) is 14.9. The van der Waals surface area contributed by atoms with Crippen molar-refractivity contribution in [1.82, 2.24) is 29.1 Å². The van der Waals surface area contributed by atoms with Crippen molar-refractivity contribution in [2.75, 3.05) is 26.2 Å². The molecule has 1 aromatic carbocycles. The van der Waals surface area contributed by atoms with Gasteiger partial charge in [-0.2, -0.15) is 5.10 Å². The van der Waals surface area contributed by atoms with Crippen LogP contribution in [0.3, 0.4) is 0 Å². The van der Waals surface area contributed by atoms with E-state index >= 15 is 0 Å². The molecule has 3 heterocycles. The van der Waals surface area contributed by atoms with Crippen molar-refractivity contribution in [3.05, 3.63) is 64.1 Å². The first-order chi connectivity index (χ1) is 14.0. The topological polar surface area (TPSA) is 59.2 Å². The summed E-state index contributed by atoms with van der Waals surface area (Å²) in [5, 5.41) is 5.31. The van der Waals surface area contributed by atoms with E-state index in [1.165, 1.54) is 0 Å². The van der Waals surface area contributed by atoms with Crippen LogP contribution >= 0.6 is 23.8 Å². The lowest BCUT2D eigenvalue weighted by molar-refractivity contribution is 0.0585. The molecule has 0 bridgehead atoms. The fourth-order valence-corrected chi connectivity index (χ4v) is 3.69. The van der Waals surface area contributed by atoms with Crippen molar-refractivity contribution in [3.63, 3.8) is 0 Å². The number of hydrogen-bond acceptors (Lipinski definition) is 5. The van der Waals surface area contributed by atoms with Crippen LogP contribution in [0.1, 0.15) is 10.4 Å². The Balaban J connectivity index is 1.41. The minimum absolute atomic E-state index is 0.0367. The quantitative estimate of drug-likeness (QED) is 0.598. The van der Waals surface area contributed by atoms with Gasteiger partial charge in [-0.3, -0.25) is 14.7 Å². The monoisotopic (exact) mass is 428 g/mol. The molecule has 0 radical (unpaired) electrons. The van der Waals surface area contributed by atoms with Crippen LogP contribution in [0.15, 0.2) is 48.8 Å². The minimum atomic E-state index is 0.0367. The number of piperazine rings is 1. The second-order valence-corrected chi connectivity index (χ2v) is 7.77. The second kappa shape index (κ2) is 8.44. The lowest BCUT2D eigenvalue weighted by Gasteiger charge is -2.34. The SMILES string of the molecule is Cn1c(-c2cccnc2)nn(CN2CCN(C(=O)c3ccc(Cl)cc3)CC2)c1=S. The number of hydrogen-bond donors (Lipinski definition) is 0. The molecular weight excluding hydrogens is 408 g/mol. The lowest BCUT2D eigenvalue weighted by atomic mass is 10.2. The summed E-state index contributed by atoms with van der Waals surface area (Å²) in [6, 6.07) is 10.9. The fraction of sp³-hybridized carbons (Fsp3) is 0.300. The number of pyridine rings is 1. The number of benzene rings is 1. The number of nitrogens with zero attached hydrogens (tertiary/aromatic N) is 6. The molecule has 7 nitrogen and oxygen atoms in total. The van der Waals surface area contributed by atoms with Crippen molar-refractivity contribution in [3.8, 4) is 11.4 Å². The van der Waals surface area contributed by atoms with Crippen molar-refractivity contribution >= 4 is 29.7 Å². The summed E-state index contributed by atoms with van der Waals surface area (Å²) in [7, 11) is 1.91. The van der Waals surface area contributed by atoms with E-state index in [1.54, 1.807) is 36.7 Å². The molecule has 4 rings (SSSR count). The standard InChI is InChI=1S/C20H21ClN6OS/c1-24-18(16-3-2-8-22-13-16)23-27(20(24)29)14-25-9-11-26(12-10-25)19(28)15-4-6-17(21)7-5-15/h2-8,13H,9-12,14H2,1H3. The van der Waals surface area contributed by atoms with Gasteiger partial charge >= 0.3 is 0 Å². The first-order valence-corrected chi connectivity index (χ1v) is 10.1. The molecule has 9 heteroatoms. The maximum atomic E-state index is 12.7. The number of halogens is 1. The summed E-state index contributed by atoms with van der Waals surface area (Å²) < 4.78 is 4.38. The van der Waals surface area contributed by atoms with E-state index in [0.29, 0.717) is 35.1 Å². The van der Waals surface area contributed by atoms with Gasteiger partial charge in [0.2, 0.25) is 0 Å². The van der Waals surface area contributed by atoms with Gasteiger partial charge in [0.25, 0.3) is 5.91 Å². The fourth-order valence-electron chi connectivity index (χ4n) is 3.38. The molecule has 0 N–H and O–H groups in total. The smallest absolute Gasteiger partial charge is 0.253 e. The van der Waals surface area contributed by atoms with Crippen LogP contribution in [-0.4, -0.2) is 61.2 Å². The Morgan fingerprint density at radius 2 is 1.86 bits per heavy atom. The zero-order valence-electron chi connectivity index (χ0n) is 16.0. The maximum absolute atomic E-state index is 12.7. The van der Waals surface area contributed by atoms with E-state index in [9.17, 15) is 4.79 Å². The molecule has 2 aromatic heterocycles. The zero-order valence-corrected chi connectivity index (χ0v) is 17.6. The highest BCUT2D eigenvalue weighted by Crippen LogP contribution is 2.17. The molecule has 150 valence electrons. The predicted octanol–water partition coefficient (Wildman–Crippen LogP) is 3.08. The summed E-state index contributed by atoms with van der Waals surface area (Å²) in [6.45, 7) is 3.45. The Morgan fingerprint density at radius 1 is 1.14 bits per heavy atom. The third-order valence-electron chi connectivity index (χ3n) is 5.05. The highest BCUT2D eigenvalue weighted by molar-refractivity contribution is 7.71. The number of carbonyl (C=O) groups excluding carboxylic acids is 1. The van der Waals surface area contributed by atoms with Crippen LogP contribution in [0.2, 0.25) is 5.02 Å². The summed E-state index contributed by atoms with van der Waals surface area (Å²) in [6.07, 6.45) is 3.52. The maximum Gasteiger partial charge on any atom is 0.253 e. The van der Waals surface area contributed by atoms with Crippen LogP contribution < -0.4 is 0 Å². The van der Waals surface area contributed by atoms with Crippen molar-refractivity contribution in [2.45, 2.75) is 6.67 Å². The Hall–Kier alpha value is -2.55. The highest BCUT2D eigenvalue weighted by atomic mass is 35.5. The van der Waals surface area contributed by atoms with Gasteiger partial charge in [0.05, 0.1) is 6.67 Å². The van der Waals surface area contributed by atoms with Crippen LogP contribution in [0.4, 0.5) is 0 Å². The summed E-state index contributed by atoms with van der Waals surface area (Å²) in [5.74, 6) is 0.828. The number of rotatable bonds is 4. The first-order valence-electron chi connectivity index (χ1n) is 9.34. The van der Waals surface area contributed by atoms with Gasteiger partial charge in [-0.15, -0.1) is 0 Å². The van der Waals surface area contributed by atoms with Crippen LogP contribution in [0, 0.1) is 4.77 Å². The number of carbonyl (C=O) groups is 1. The molecule has 1 saturated heterocycles. The minimum Gasteiger partial charge on any atom is -0.336 e. The molecule has 1 aliphatic heterocycles. The molecule has 3 aromatic rings. The summed E-state index contributed by atoms with van der Waals surface area (Å²) >= 11 is 11.5. The van der Waals surface area contributed by atoms with Crippen molar-refractivity contribution < 1.29 is 4.79 Å². The Bertz CT molecular complexity index is 1050. The van der Waals surface area contributed by atoms with Gasteiger partial charge in [-0.1, -0.05) is 11.6 Å². The molecule has 1 aliphatic rings. The third kappa shape index (κ3) is 4.24. The van der Waals surface area contributed by atoms with Crippen molar-refractivity contribution in [1.29, 1.82) is 0 Å². The van der Waals surface area contributed by atoms with E-state index < -0.39 is 0 Å². The van der Waals surface area contributed by atoms with E-state index in [-0.39, 0.29) is 5.91 Å². The van der Waals surface area contributed by atoms with Crippen LogP contribution in [0.25, 0.3) is 11.4 Å². The van der Waals surface area contributed by atoms with Gasteiger partial charge in [0.15, 0.2) is 10.6 Å². The van der Waals surface area contributed by atoms with Crippen molar-refractivity contribution in [2.24, 2.45) is 7.05 Å². The van der Waals surface area contributed by atoms with Gasteiger partial charge in [0.1, 0.15) is 0 Å². The largest absolute Gasteiger partial charge is 0.336 e.